The summed E-state index contributed by atoms with van der Waals surface area (Å²) in [6, 6.07) is 67.2. The van der Waals surface area contributed by atoms with Gasteiger partial charge in [-0.2, -0.15) is 0 Å². The number of nitrogens with zero attached hydrogens (tertiary/aromatic N) is 4. The number of aryl methyl sites for hydroxylation is 1. The number of benzene rings is 8. The highest BCUT2D eigenvalue weighted by Crippen LogP contribution is 2.45. The van der Waals surface area contributed by atoms with E-state index in [0.717, 1.165) is 45.4 Å². The lowest BCUT2D eigenvalue weighted by Crippen LogP contribution is -2.01. The zero-order chi connectivity index (χ0) is 40.0. The van der Waals surface area contributed by atoms with E-state index in [9.17, 15) is 0 Å². The Kier molecular flexibility index (Phi) is 9.09. The van der Waals surface area contributed by atoms with Crippen molar-refractivity contribution in [1.82, 2.24) is 19.5 Å². The summed E-state index contributed by atoms with van der Waals surface area (Å²) < 4.78 is 5.10. The first-order valence-electron chi connectivity index (χ1n) is 20.7. The number of hydrogen-bond acceptors (Lipinski definition) is 4. The van der Waals surface area contributed by atoms with Crippen LogP contribution in [0.5, 0.6) is 0 Å². The second kappa shape index (κ2) is 15.2. The molecule has 286 valence electrons. The molecule has 0 aliphatic carbocycles. The Morgan fingerprint density at radius 3 is 1.83 bits per heavy atom. The van der Waals surface area contributed by atoms with Gasteiger partial charge in [-0.3, -0.25) is 0 Å². The molecule has 8 aromatic carbocycles. The molecule has 0 saturated heterocycles. The van der Waals surface area contributed by atoms with E-state index >= 15 is 0 Å². The third-order valence-corrected chi connectivity index (χ3v) is 12.8. The second-order valence-corrected chi connectivity index (χ2v) is 16.5. The molecular formula is C55H40N4S. The van der Waals surface area contributed by atoms with Crippen molar-refractivity contribution >= 4 is 53.3 Å². The SMILES string of the molecule is CCCCc1ccc2c(c1)sc1c(-c3cccc4c5ccccc5n(-c5cccc(-c6nc(-c7ccccc7)nc(-c7cccc(-c8ccccc8)c7)n6)c5)c34)cccc12. The van der Waals surface area contributed by atoms with Gasteiger partial charge in [0.2, 0.25) is 0 Å². The zero-order valence-corrected chi connectivity index (χ0v) is 34.0. The van der Waals surface area contributed by atoms with Crippen LogP contribution < -0.4 is 0 Å². The summed E-state index contributed by atoms with van der Waals surface area (Å²) in [4.78, 5) is 15.4. The summed E-state index contributed by atoms with van der Waals surface area (Å²) in [5.41, 5.74) is 12.3. The first kappa shape index (κ1) is 35.9. The predicted octanol–water partition coefficient (Wildman–Crippen LogP) is 15.0. The molecule has 0 bridgehead atoms. The fourth-order valence-electron chi connectivity index (χ4n) is 8.70. The van der Waals surface area contributed by atoms with Crippen LogP contribution in [-0.4, -0.2) is 19.5 Å². The largest absolute Gasteiger partial charge is 0.309 e. The van der Waals surface area contributed by atoms with Gasteiger partial charge in [-0.15, -0.1) is 11.3 Å². The molecular weight excluding hydrogens is 749 g/mol. The lowest BCUT2D eigenvalue weighted by Gasteiger charge is -2.14. The molecule has 4 nitrogen and oxygen atoms in total. The summed E-state index contributed by atoms with van der Waals surface area (Å²) in [5.74, 6) is 1.90. The standard InChI is InChI=1S/C55H40N4S/c1-2-3-16-36-31-32-44-47-28-15-29-48(52(47)60-50(44)33-36)46-27-14-26-45-43-25-10-11-30-49(43)59(51(45)46)42-24-13-23-41(35-42)55-57-53(38-19-8-5-9-20-38)56-54(58-55)40-22-12-21-39(34-40)37-17-6-4-7-18-37/h4-15,17-35H,2-3,16H2,1H3. The third-order valence-electron chi connectivity index (χ3n) is 11.6. The van der Waals surface area contributed by atoms with Crippen LogP contribution in [0.4, 0.5) is 0 Å². The molecule has 0 unspecified atom stereocenters. The highest BCUT2D eigenvalue weighted by atomic mass is 32.1. The van der Waals surface area contributed by atoms with Crippen molar-refractivity contribution in [2.75, 3.05) is 0 Å². The van der Waals surface area contributed by atoms with Gasteiger partial charge in [0.05, 0.1) is 11.0 Å². The third kappa shape index (κ3) is 6.35. The highest BCUT2D eigenvalue weighted by Gasteiger charge is 2.20. The maximum atomic E-state index is 5.19. The van der Waals surface area contributed by atoms with Crippen LogP contribution in [0.1, 0.15) is 25.3 Å². The lowest BCUT2D eigenvalue weighted by atomic mass is 9.99. The fraction of sp³-hybridized carbons (Fsp3) is 0.0727. The van der Waals surface area contributed by atoms with Crippen LogP contribution in [0, 0.1) is 0 Å². The molecule has 0 N–H and O–H groups in total. The number of rotatable bonds is 9. The topological polar surface area (TPSA) is 43.6 Å². The smallest absolute Gasteiger partial charge is 0.164 e. The van der Waals surface area contributed by atoms with E-state index < -0.39 is 0 Å². The van der Waals surface area contributed by atoms with E-state index in [-0.39, 0.29) is 0 Å². The Labute approximate surface area is 353 Å². The van der Waals surface area contributed by atoms with Gasteiger partial charge in [-0.25, -0.2) is 15.0 Å². The van der Waals surface area contributed by atoms with Crippen LogP contribution in [0.15, 0.2) is 188 Å². The van der Waals surface area contributed by atoms with Crippen molar-refractivity contribution in [3.63, 3.8) is 0 Å². The molecule has 0 fully saturated rings. The molecule has 11 rings (SSSR count). The molecule has 3 heterocycles. The summed E-state index contributed by atoms with van der Waals surface area (Å²) >= 11 is 1.91. The van der Waals surface area contributed by atoms with Gasteiger partial charge in [0.1, 0.15) is 0 Å². The van der Waals surface area contributed by atoms with Crippen LogP contribution in [0.3, 0.4) is 0 Å². The van der Waals surface area contributed by atoms with E-state index in [1.54, 1.807) is 0 Å². The van der Waals surface area contributed by atoms with Crippen LogP contribution in [0.25, 0.3) is 104 Å². The Bertz CT molecular complexity index is 3360. The zero-order valence-electron chi connectivity index (χ0n) is 33.2. The maximum absolute atomic E-state index is 5.19. The Morgan fingerprint density at radius 1 is 0.450 bits per heavy atom. The van der Waals surface area contributed by atoms with Gasteiger partial charge in [-0.05, 0) is 59.9 Å². The van der Waals surface area contributed by atoms with E-state index in [2.05, 4.69) is 175 Å². The number of hydrogen-bond donors (Lipinski definition) is 0. The molecule has 0 spiro atoms. The molecule has 0 amide bonds. The van der Waals surface area contributed by atoms with Gasteiger partial charge in [-0.1, -0.05) is 171 Å². The summed E-state index contributed by atoms with van der Waals surface area (Å²) in [6.45, 7) is 2.26. The number of para-hydroxylation sites is 2. The molecule has 0 aliphatic heterocycles. The average Bonchev–Trinajstić information content (AvgIpc) is 3.87. The van der Waals surface area contributed by atoms with Crippen LogP contribution in [-0.2, 0) is 6.42 Å². The number of unbranched alkanes of at least 4 members (excludes halogenated alkanes) is 1. The Balaban J connectivity index is 1.09. The van der Waals surface area contributed by atoms with E-state index in [0.29, 0.717) is 17.5 Å². The molecule has 11 aromatic rings. The van der Waals surface area contributed by atoms with Crippen molar-refractivity contribution in [2.24, 2.45) is 0 Å². The molecule has 0 saturated carbocycles. The number of fused-ring (bicyclic) bond motifs is 6. The van der Waals surface area contributed by atoms with Gasteiger partial charge >= 0.3 is 0 Å². The van der Waals surface area contributed by atoms with E-state index in [1.807, 2.05) is 35.6 Å². The van der Waals surface area contributed by atoms with Crippen molar-refractivity contribution in [2.45, 2.75) is 26.2 Å². The van der Waals surface area contributed by atoms with E-state index in [4.69, 9.17) is 15.0 Å². The van der Waals surface area contributed by atoms with Crippen molar-refractivity contribution in [3.05, 3.63) is 194 Å². The molecule has 60 heavy (non-hydrogen) atoms. The van der Waals surface area contributed by atoms with Crippen molar-refractivity contribution in [1.29, 1.82) is 0 Å². The van der Waals surface area contributed by atoms with Gasteiger partial charge in [0, 0.05) is 64.4 Å². The normalized spacial score (nSPS) is 11.6. The minimum absolute atomic E-state index is 0.625. The molecule has 3 aromatic heterocycles. The van der Waals surface area contributed by atoms with Gasteiger partial charge < -0.3 is 4.57 Å². The first-order chi connectivity index (χ1) is 29.7. The lowest BCUT2D eigenvalue weighted by molar-refractivity contribution is 0.796. The van der Waals surface area contributed by atoms with Crippen LogP contribution >= 0.6 is 11.3 Å². The summed E-state index contributed by atoms with van der Waals surface area (Å²) in [5, 5.41) is 5.08. The molecule has 0 atom stereocenters. The Morgan fingerprint density at radius 2 is 1.05 bits per heavy atom. The number of thiophene rings is 1. The minimum atomic E-state index is 0.625. The predicted molar refractivity (Wildman–Crippen MR) is 253 cm³/mol. The Hall–Kier alpha value is -7.21. The average molecular weight is 789 g/mol. The molecule has 0 radical (unpaired) electrons. The number of aromatic nitrogens is 4. The highest BCUT2D eigenvalue weighted by molar-refractivity contribution is 7.26. The van der Waals surface area contributed by atoms with Gasteiger partial charge in [0.25, 0.3) is 0 Å². The second-order valence-electron chi connectivity index (χ2n) is 15.4. The van der Waals surface area contributed by atoms with Crippen molar-refractivity contribution < 1.29 is 0 Å². The fourth-order valence-corrected chi connectivity index (χ4v) is 9.99. The van der Waals surface area contributed by atoms with Crippen molar-refractivity contribution in [3.8, 4) is 62.1 Å². The maximum Gasteiger partial charge on any atom is 0.164 e. The first-order valence-corrected chi connectivity index (χ1v) is 21.6. The molecule has 5 heteroatoms. The van der Waals surface area contributed by atoms with Gasteiger partial charge in [0.15, 0.2) is 17.5 Å². The summed E-state index contributed by atoms with van der Waals surface area (Å²) in [7, 11) is 0. The van der Waals surface area contributed by atoms with Crippen LogP contribution in [0.2, 0.25) is 0 Å². The monoisotopic (exact) mass is 788 g/mol. The molecule has 0 aliphatic rings. The summed E-state index contributed by atoms with van der Waals surface area (Å²) in [6.07, 6.45) is 3.53. The van der Waals surface area contributed by atoms with E-state index in [1.165, 1.54) is 66.0 Å². The minimum Gasteiger partial charge on any atom is -0.309 e. The quantitative estimate of drug-likeness (QED) is 0.146.